The number of anilines is 2. The molecule has 0 fully saturated rings. The van der Waals surface area contributed by atoms with Crippen LogP contribution in [0.1, 0.15) is 10.5 Å². The SMILES string of the molecule is CN1C(=O)c2c(ncn2CC(=O)Nc2nc(-c3cc(Cl)c(OC(F)F)c(Cl)c3)cs2)N2CCN=C12. The van der Waals surface area contributed by atoms with Crippen LogP contribution in [0.15, 0.2) is 28.8 Å². The van der Waals surface area contributed by atoms with Crippen LogP contribution in [-0.2, 0) is 11.3 Å². The highest BCUT2D eigenvalue weighted by atomic mass is 35.5. The molecule has 2 aliphatic rings. The number of hydrogen-bond acceptors (Lipinski definition) is 8. The van der Waals surface area contributed by atoms with Crippen LogP contribution in [0.2, 0.25) is 10.0 Å². The van der Waals surface area contributed by atoms with Crippen LogP contribution in [-0.4, -0.2) is 64.0 Å². The molecule has 15 heteroatoms. The third kappa shape index (κ3) is 4.30. The van der Waals surface area contributed by atoms with Crippen molar-refractivity contribution < 1.29 is 23.1 Å². The van der Waals surface area contributed by atoms with Crippen LogP contribution >= 0.6 is 34.5 Å². The van der Waals surface area contributed by atoms with Crippen molar-refractivity contribution in [3.8, 4) is 17.0 Å². The van der Waals surface area contributed by atoms with E-state index in [0.717, 1.165) is 11.3 Å². The lowest BCUT2D eigenvalue weighted by atomic mass is 10.1. The lowest BCUT2D eigenvalue weighted by molar-refractivity contribution is -0.116. The molecule has 0 aliphatic carbocycles. The van der Waals surface area contributed by atoms with Crippen molar-refractivity contribution >= 4 is 63.3 Å². The number of benzene rings is 1. The summed E-state index contributed by atoms with van der Waals surface area (Å²) in [5, 5.41) is 4.42. The van der Waals surface area contributed by atoms with Gasteiger partial charge in [-0.15, -0.1) is 11.3 Å². The predicted octanol–water partition coefficient (Wildman–Crippen LogP) is 3.82. The number of alkyl halides is 2. The summed E-state index contributed by atoms with van der Waals surface area (Å²) >= 11 is 13.2. The molecule has 2 amide bonds. The molecule has 0 radical (unpaired) electrons. The monoisotopic (exact) mass is 541 g/mol. The van der Waals surface area contributed by atoms with Crippen LogP contribution < -0.4 is 15.0 Å². The Morgan fingerprint density at radius 3 is 2.77 bits per heavy atom. The van der Waals surface area contributed by atoms with Gasteiger partial charge in [-0.2, -0.15) is 8.78 Å². The van der Waals surface area contributed by atoms with Crippen LogP contribution in [0.4, 0.5) is 19.7 Å². The quantitative estimate of drug-likeness (QED) is 0.508. The molecule has 10 nitrogen and oxygen atoms in total. The third-order valence-electron chi connectivity index (χ3n) is 5.27. The van der Waals surface area contributed by atoms with Crippen molar-refractivity contribution in [3.05, 3.63) is 39.6 Å². The van der Waals surface area contributed by atoms with Crippen molar-refractivity contribution in [2.45, 2.75) is 13.2 Å². The maximum atomic E-state index is 12.8. The topological polar surface area (TPSA) is 105 Å². The molecule has 1 aromatic carbocycles. The number of halogens is 4. The van der Waals surface area contributed by atoms with E-state index in [1.54, 1.807) is 12.4 Å². The molecule has 0 unspecified atom stereocenters. The molecular formula is C20H15Cl2F2N7O3S. The molecule has 5 rings (SSSR count). The minimum Gasteiger partial charge on any atom is -0.432 e. The van der Waals surface area contributed by atoms with Gasteiger partial charge in [0.1, 0.15) is 6.54 Å². The van der Waals surface area contributed by atoms with Gasteiger partial charge in [-0.05, 0) is 12.1 Å². The van der Waals surface area contributed by atoms with Gasteiger partial charge in [0.05, 0.1) is 28.6 Å². The maximum absolute atomic E-state index is 12.8. The first-order chi connectivity index (χ1) is 16.7. The summed E-state index contributed by atoms with van der Waals surface area (Å²) in [6.45, 7) is -2.06. The number of rotatable bonds is 6. The van der Waals surface area contributed by atoms with Crippen molar-refractivity contribution in [1.82, 2.24) is 19.4 Å². The number of carbonyl (C=O) groups is 2. The fourth-order valence-corrected chi connectivity index (χ4v) is 5.08. The van der Waals surface area contributed by atoms with Crippen LogP contribution in [0.5, 0.6) is 5.75 Å². The second kappa shape index (κ2) is 9.06. The first-order valence-electron chi connectivity index (χ1n) is 10.1. The van der Waals surface area contributed by atoms with E-state index in [4.69, 9.17) is 23.2 Å². The Hall–Kier alpha value is -3.29. The van der Waals surface area contributed by atoms with Crippen LogP contribution in [0, 0.1) is 0 Å². The first kappa shape index (κ1) is 23.5. The number of imidazole rings is 1. The number of nitrogens with zero attached hydrogens (tertiary/aromatic N) is 6. The molecule has 0 saturated heterocycles. The number of aliphatic imine (C=N–C) groups is 1. The van der Waals surface area contributed by atoms with Crippen molar-refractivity contribution in [1.29, 1.82) is 0 Å². The van der Waals surface area contributed by atoms with Gasteiger partial charge in [0, 0.05) is 24.5 Å². The Kier molecular flexibility index (Phi) is 6.07. The molecule has 182 valence electrons. The highest BCUT2D eigenvalue weighted by molar-refractivity contribution is 7.14. The second-order valence-electron chi connectivity index (χ2n) is 7.48. The van der Waals surface area contributed by atoms with Crippen molar-refractivity contribution in [2.24, 2.45) is 4.99 Å². The van der Waals surface area contributed by atoms with Gasteiger partial charge in [-0.25, -0.2) is 9.97 Å². The fourth-order valence-electron chi connectivity index (χ4n) is 3.77. The largest absolute Gasteiger partial charge is 0.432 e. The highest BCUT2D eigenvalue weighted by Crippen LogP contribution is 2.39. The fraction of sp³-hybridized carbons (Fsp3) is 0.250. The minimum atomic E-state index is -3.07. The van der Waals surface area contributed by atoms with Gasteiger partial charge in [-0.1, -0.05) is 23.2 Å². The van der Waals surface area contributed by atoms with Gasteiger partial charge in [0.15, 0.2) is 22.4 Å². The summed E-state index contributed by atoms with van der Waals surface area (Å²) in [7, 11) is 1.63. The molecule has 0 spiro atoms. The Morgan fingerprint density at radius 2 is 2.06 bits per heavy atom. The number of carbonyl (C=O) groups excluding carboxylic acids is 2. The number of thiazole rings is 1. The van der Waals surface area contributed by atoms with Gasteiger partial charge < -0.3 is 14.6 Å². The molecule has 2 aromatic heterocycles. The smallest absolute Gasteiger partial charge is 0.387 e. The average molecular weight is 542 g/mol. The van der Waals surface area contributed by atoms with Gasteiger partial charge >= 0.3 is 6.61 Å². The normalized spacial score (nSPS) is 14.8. The Balaban J connectivity index is 1.31. The number of hydrogen-bond donors (Lipinski definition) is 1. The van der Waals surface area contributed by atoms with Gasteiger partial charge in [0.2, 0.25) is 11.9 Å². The lowest BCUT2D eigenvalue weighted by Gasteiger charge is -2.30. The number of amides is 2. The van der Waals surface area contributed by atoms with Crippen molar-refractivity contribution in [2.75, 3.05) is 30.4 Å². The number of ether oxygens (including phenoxy) is 1. The second-order valence-corrected chi connectivity index (χ2v) is 9.15. The van der Waals surface area contributed by atoms with Gasteiger partial charge in [-0.3, -0.25) is 24.4 Å². The molecule has 2 aliphatic heterocycles. The van der Waals surface area contributed by atoms with Gasteiger partial charge in [0.25, 0.3) is 5.91 Å². The number of guanidine groups is 1. The summed E-state index contributed by atoms with van der Waals surface area (Å²) < 4.78 is 30.9. The summed E-state index contributed by atoms with van der Waals surface area (Å²) in [4.78, 5) is 41.8. The molecular weight excluding hydrogens is 527 g/mol. The molecule has 3 aromatic rings. The number of aromatic nitrogens is 3. The van der Waals surface area contributed by atoms with Crippen LogP contribution in [0.3, 0.4) is 0 Å². The maximum Gasteiger partial charge on any atom is 0.387 e. The molecule has 4 heterocycles. The lowest BCUT2D eigenvalue weighted by Crippen LogP contribution is -2.48. The zero-order chi connectivity index (χ0) is 24.9. The standard InChI is InChI=1S/C20H15Cl2F2N7O3S/c1-29-17(33)14-16(31-3-2-25-20(29)31)26-8-30(14)6-13(32)28-19-27-12(7-35-19)9-4-10(21)15(11(22)5-9)34-18(23)24/h4-5,7-8,18H,2-3,6H2,1H3,(H,27,28,32). The molecule has 0 saturated carbocycles. The number of fused-ring (bicyclic) bond motifs is 3. The zero-order valence-electron chi connectivity index (χ0n) is 17.8. The Morgan fingerprint density at radius 1 is 1.31 bits per heavy atom. The van der Waals surface area contributed by atoms with E-state index in [1.807, 2.05) is 4.90 Å². The van der Waals surface area contributed by atoms with E-state index in [1.165, 1.54) is 27.9 Å². The molecule has 1 N–H and O–H groups in total. The summed E-state index contributed by atoms with van der Waals surface area (Å²) in [6, 6.07) is 2.78. The van der Waals surface area contributed by atoms with E-state index in [9.17, 15) is 18.4 Å². The molecule has 0 bridgehead atoms. The summed E-state index contributed by atoms with van der Waals surface area (Å²) in [5.74, 6) is -0.0267. The van der Waals surface area contributed by atoms with Crippen LogP contribution in [0.25, 0.3) is 11.3 Å². The van der Waals surface area contributed by atoms with E-state index >= 15 is 0 Å². The highest BCUT2D eigenvalue weighted by Gasteiger charge is 2.38. The van der Waals surface area contributed by atoms with E-state index in [0.29, 0.717) is 41.8 Å². The Bertz CT molecular complexity index is 1350. The third-order valence-corrected chi connectivity index (χ3v) is 6.58. The zero-order valence-corrected chi connectivity index (χ0v) is 20.2. The number of nitrogens with one attached hydrogen (secondary N) is 1. The summed E-state index contributed by atoms with van der Waals surface area (Å²) in [5.41, 5.74) is 1.19. The Labute approximate surface area is 210 Å². The van der Waals surface area contributed by atoms with Crippen molar-refractivity contribution in [3.63, 3.8) is 0 Å². The molecule has 0 atom stereocenters. The first-order valence-corrected chi connectivity index (χ1v) is 11.7. The average Bonchev–Trinajstić information content (AvgIpc) is 3.54. The predicted molar refractivity (Wildman–Crippen MR) is 127 cm³/mol. The van der Waals surface area contributed by atoms with E-state index in [-0.39, 0.29) is 33.4 Å². The molecule has 35 heavy (non-hydrogen) atoms. The minimum absolute atomic E-state index is 0.0999. The van der Waals surface area contributed by atoms with E-state index < -0.39 is 12.5 Å². The summed E-state index contributed by atoms with van der Waals surface area (Å²) in [6.07, 6.45) is 1.44. The van der Waals surface area contributed by atoms with E-state index in [2.05, 4.69) is 25.0 Å².